The summed E-state index contributed by atoms with van der Waals surface area (Å²) >= 11 is 0. The Bertz CT molecular complexity index is 507. The monoisotopic (exact) mass is 306 g/mol. The van der Waals surface area contributed by atoms with Gasteiger partial charge in [-0.1, -0.05) is 6.58 Å². The first-order chi connectivity index (χ1) is 10.5. The van der Waals surface area contributed by atoms with Crippen molar-refractivity contribution >= 4 is 11.6 Å². The summed E-state index contributed by atoms with van der Waals surface area (Å²) < 4.78 is 0. The summed E-state index contributed by atoms with van der Waals surface area (Å²) in [4.78, 5) is 14.9. The molecule has 1 heterocycles. The van der Waals surface area contributed by atoms with Gasteiger partial charge in [0.2, 0.25) is 5.91 Å². The van der Waals surface area contributed by atoms with Gasteiger partial charge in [0.05, 0.1) is 25.7 Å². The number of quaternary nitrogens is 2. The van der Waals surface area contributed by atoms with Crippen LogP contribution in [0.3, 0.4) is 0 Å². The Labute approximate surface area is 131 Å². The van der Waals surface area contributed by atoms with Crippen molar-refractivity contribution in [2.75, 3.05) is 39.8 Å². The van der Waals surface area contributed by atoms with Gasteiger partial charge in [0.25, 0.3) is 0 Å². The highest BCUT2D eigenvalue weighted by atomic mass is 16.3. The third-order valence-corrected chi connectivity index (χ3v) is 4.08. The molecule has 5 N–H and O–H groups in total. The van der Waals surface area contributed by atoms with Crippen molar-refractivity contribution in [1.82, 2.24) is 10.9 Å². The van der Waals surface area contributed by atoms with Gasteiger partial charge in [-0.05, 0) is 29.8 Å². The lowest BCUT2D eigenvalue weighted by Gasteiger charge is -2.27. The number of hydrogen-bond acceptors (Lipinski definition) is 3. The van der Waals surface area contributed by atoms with Gasteiger partial charge in [0.1, 0.15) is 31.9 Å². The maximum absolute atomic E-state index is 11.9. The fourth-order valence-corrected chi connectivity index (χ4v) is 2.51. The van der Waals surface area contributed by atoms with Crippen LogP contribution in [0.25, 0.3) is 5.70 Å². The number of phenols is 1. The number of hydrazine groups is 1. The molecular weight excluding hydrogens is 280 g/mol. The zero-order chi connectivity index (χ0) is 15.9. The average molecular weight is 306 g/mol. The molecule has 6 heteroatoms. The Balaban J connectivity index is 1.67. The highest BCUT2D eigenvalue weighted by Crippen LogP contribution is 2.13. The SMILES string of the molecule is C=C(NNC(=O)CC[NH+]1CC[NH+](C)CC1)c1ccc(O)cc1. The smallest absolute Gasteiger partial charge is 0.243 e. The lowest BCUT2D eigenvalue weighted by molar-refractivity contribution is -1.00. The molecule has 0 radical (unpaired) electrons. The van der Waals surface area contributed by atoms with Crippen LogP contribution in [-0.2, 0) is 4.79 Å². The molecule has 2 rings (SSSR count). The predicted molar refractivity (Wildman–Crippen MR) is 85.2 cm³/mol. The summed E-state index contributed by atoms with van der Waals surface area (Å²) in [5, 5.41) is 9.24. The van der Waals surface area contributed by atoms with Crippen LogP contribution in [-0.4, -0.2) is 50.8 Å². The molecule has 0 unspecified atom stereocenters. The summed E-state index contributed by atoms with van der Waals surface area (Å²) in [7, 11) is 2.21. The normalized spacial score (nSPS) is 21.1. The number of rotatable bonds is 6. The zero-order valence-corrected chi connectivity index (χ0v) is 13.1. The van der Waals surface area contributed by atoms with Crippen molar-refractivity contribution in [3.63, 3.8) is 0 Å². The minimum absolute atomic E-state index is 0.0290. The van der Waals surface area contributed by atoms with E-state index < -0.39 is 0 Å². The van der Waals surface area contributed by atoms with Gasteiger partial charge in [-0.15, -0.1) is 0 Å². The summed E-state index contributed by atoms with van der Waals surface area (Å²) in [6.07, 6.45) is 0.504. The van der Waals surface area contributed by atoms with Gasteiger partial charge in [-0.25, -0.2) is 0 Å². The van der Waals surface area contributed by atoms with Gasteiger partial charge in [0.15, 0.2) is 0 Å². The molecule has 0 aliphatic carbocycles. The van der Waals surface area contributed by atoms with Gasteiger partial charge < -0.3 is 14.9 Å². The van der Waals surface area contributed by atoms with Gasteiger partial charge in [-0.2, -0.15) is 0 Å². The molecule has 0 bridgehead atoms. The number of carbonyl (C=O) groups excluding carboxylic acids is 1. The van der Waals surface area contributed by atoms with E-state index >= 15 is 0 Å². The highest BCUT2D eigenvalue weighted by Gasteiger charge is 2.20. The fourth-order valence-electron chi connectivity index (χ4n) is 2.51. The third-order valence-electron chi connectivity index (χ3n) is 4.08. The van der Waals surface area contributed by atoms with Gasteiger partial charge in [0, 0.05) is 0 Å². The molecule has 22 heavy (non-hydrogen) atoms. The first kappa shape index (κ1) is 16.3. The van der Waals surface area contributed by atoms with Crippen molar-refractivity contribution in [1.29, 1.82) is 0 Å². The first-order valence-corrected chi connectivity index (χ1v) is 7.72. The van der Waals surface area contributed by atoms with E-state index in [-0.39, 0.29) is 11.7 Å². The zero-order valence-electron chi connectivity index (χ0n) is 13.1. The first-order valence-electron chi connectivity index (χ1n) is 7.72. The van der Waals surface area contributed by atoms with Crippen molar-refractivity contribution in [3.05, 3.63) is 36.4 Å². The molecule has 1 saturated heterocycles. The number of carbonyl (C=O) groups is 1. The molecule has 0 saturated carbocycles. The van der Waals surface area contributed by atoms with Crippen molar-refractivity contribution in [3.8, 4) is 5.75 Å². The lowest BCUT2D eigenvalue weighted by atomic mass is 10.2. The molecular formula is C16H26N4O2+2. The van der Waals surface area contributed by atoms with Crippen LogP contribution in [0.15, 0.2) is 30.8 Å². The Morgan fingerprint density at radius 3 is 2.45 bits per heavy atom. The van der Waals surface area contributed by atoms with E-state index in [2.05, 4.69) is 24.5 Å². The highest BCUT2D eigenvalue weighted by molar-refractivity contribution is 5.77. The number of piperazine rings is 1. The minimum Gasteiger partial charge on any atom is -0.508 e. The molecule has 0 spiro atoms. The van der Waals surface area contributed by atoms with E-state index in [0.29, 0.717) is 12.1 Å². The number of hydrogen-bond donors (Lipinski definition) is 5. The van der Waals surface area contributed by atoms with Crippen molar-refractivity contribution in [2.24, 2.45) is 0 Å². The summed E-state index contributed by atoms with van der Waals surface area (Å²) in [6.45, 7) is 9.35. The second-order valence-corrected chi connectivity index (χ2v) is 5.91. The topological polar surface area (TPSA) is 70.2 Å². The second-order valence-electron chi connectivity index (χ2n) is 5.91. The van der Waals surface area contributed by atoms with E-state index in [1.165, 1.54) is 18.0 Å². The summed E-state index contributed by atoms with van der Waals surface area (Å²) in [5.74, 6) is 0.177. The van der Waals surface area contributed by atoms with E-state index in [9.17, 15) is 9.90 Å². The van der Waals surface area contributed by atoms with E-state index in [1.54, 1.807) is 29.2 Å². The molecule has 0 atom stereocenters. The largest absolute Gasteiger partial charge is 0.508 e. The molecule has 1 fully saturated rings. The summed E-state index contributed by atoms with van der Waals surface area (Å²) in [6, 6.07) is 6.66. The number of phenolic OH excluding ortho intramolecular Hbond substituents is 1. The molecule has 1 aromatic carbocycles. The molecule has 1 aliphatic heterocycles. The third kappa shape index (κ3) is 5.05. The quantitative estimate of drug-likeness (QED) is 0.387. The Morgan fingerprint density at radius 1 is 1.18 bits per heavy atom. The lowest BCUT2D eigenvalue weighted by Crippen LogP contribution is -3.27. The van der Waals surface area contributed by atoms with Crippen LogP contribution in [0.4, 0.5) is 0 Å². The Hall–Kier alpha value is -2.05. The van der Waals surface area contributed by atoms with Crippen LogP contribution in [0.1, 0.15) is 12.0 Å². The van der Waals surface area contributed by atoms with Crippen LogP contribution in [0, 0.1) is 0 Å². The summed E-state index contributed by atoms with van der Waals surface area (Å²) in [5.41, 5.74) is 6.92. The van der Waals surface area contributed by atoms with Gasteiger partial charge >= 0.3 is 0 Å². The Morgan fingerprint density at radius 2 is 1.82 bits per heavy atom. The standard InChI is InChI=1S/C16H24N4O2/c1-13(14-3-5-15(21)6-4-14)17-18-16(22)7-8-20-11-9-19(2)10-12-20/h3-6,17,21H,1,7-12H2,2H3,(H,18,22)/p+2. The average Bonchev–Trinajstić information content (AvgIpc) is 2.52. The Kier molecular flexibility index (Phi) is 5.80. The van der Waals surface area contributed by atoms with Crippen LogP contribution in [0.2, 0.25) is 0 Å². The number of aromatic hydroxyl groups is 1. The minimum atomic E-state index is -0.0290. The molecule has 120 valence electrons. The molecule has 1 aromatic rings. The van der Waals surface area contributed by atoms with Crippen molar-refractivity contribution in [2.45, 2.75) is 6.42 Å². The van der Waals surface area contributed by atoms with Crippen LogP contribution >= 0.6 is 0 Å². The number of amides is 1. The number of nitrogens with one attached hydrogen (secondary N) is 4. The maximum Gasteiger partial charge on any atom is 0.243 e. The number of benzene rings is 1. The second kappa shape index (κ2) is 7.82. The molecule has 6 nitrogen and oxygen atoms in total. The van der Waals surface area contributed by atoms with E-state index in [1.807, 2.05) is 0 Å². The van der Waals surface area contributed by atoms with E-state index in [0.717, 1.165) is 25.2 Å². The van der Waals surface area contributed by atoms with Crippen LogP contribution in [0.5, 0.6) is 5.75 Å². The maximum atomic E-state index is 11.9. The van der Waals surface area contributed by atoms with Crippen molar-refractivity contribution < 1.29 is 19.7 Å². The molecule has 1 amide bonds. The predicted octanol–water partition coefficient (Wildman–Crippen LogP) is -2.21. The van der Waals surface area contributed by atoms with E-state index in [4.69, 9.17) is 0 Å². The van der Waals surface area contributed by atoms with Gasteiger partial charge in [-0.3, -0.25) is 15.6 Å². The van der Waals surface area contributed by atoms with Crippen LogP contribution < -0.4 is 20.7 Å². The molecule has 0 aromatic heterocycles. The fraction of sp³-hybridized carbons (Fsp3) is 0.438. The molecule has 1 aliphatic rings. The number of likely N-dealkylation sites (N-methyl/N-ethyl adjacent to an activating group) is 1.